The lowest BCUT2D eigenvalue weighted by Gasteiger charge is -2.20. The van der Waals surface area contributed by atoms with E-state index in [1.54, 1.807) is 24.3 Å². The molecular formula is C22H13Cl3N2O2. The maximum absolute atomic E-state index is 13.3. The predicted octanol–water partition coefficient (Wildman–Crippen LogP) is 6.19. The van der Waals surface area contributed by atoms with Crippen molar-refractivity contribution in [1.29, 1.82) is 0 Å². The molecule has 0 saturated heterocycles. The van der Waals surface area contributed by atoms with Gasteiger partial charge in [0.25, 0.3) is 5.91 Å². The Morgan fingerprint density at radius 2 is 1.52 bits per heavy atom. The molecule has 0 radical (unpaired) electrons. The van der Waals surface area contributed by atoms with Gasteiger partial charge in [0.05, 0.1) is 20.8 Å². The van der Waals surface area contributed by atoms with Crippen LogP contribution in [0.3, 0.4) is 0 Å². The third-order valence-electron chi connectivity index (χ3n) is 4.35. The number of aromatic hydroxyl groups is 1. The fourth-order valence-corrected chi connectivity index (χ4v) is 3.59. The van der Waals surface area contributed by atoms with Crippen molar-refractivity contribution < 1.29 is 9.90 Å². The summed E-state index contributed by atoms with van der Waals surface area (Å²) in [6.45, 7) is 0. The van der Waals surface area contributed by atoms with Crippen LogP contribution in [0, 0.1) is 0 Å². The van der Waals surface area contributed by atoms with Crippen molar-refractivity contribution in [1.82, 2.24) is 0 Å². The first-order valence-corrected chi connectivity index (χ1v) is 9.72. The molecule has 1 heterocycles. The van der Waals surface area contributed by atoms with E-state index in [-0.39, 0.29) is 26.5 Å². The SMILES string of the molecule is O=C1/C(=C/c2ccccc2O)N=C(c2ccccc2)N1c1cc(Cl)c(Cl)cc1Cl. The highest BCUT2D eigenvalue weighted by Gasteiger charge is 2.34. The first-order valence-electron chi connectivity index (χ1n) is 8.58. The molecule has 4 rings (SSSR count). The molecule has 1 aliphatic rings. The van der Waals surface area contributed by atoms with Crippen molar-refractivity contribution >= 4 is 58.3 Å². The molecule has 0 bridgehead atoms. The second-order valence-corrected chi connectivity index (χ2v) is 7.47. The fourth-order valence-electron chi connectivity index (χ4n) is 2.96. The molecule has 0 aromatic heterocycles. The van der Waals surface area contributed by atoms with Crippen LogP contribution in [0.15, 0.2) is 77.4 Å². The number of amides is 1. The molecule has 4 nitrogen and oxygen atoms in total. The number of phenols is 1. The highest BCUT2D eigenvalue weighted by atomic mass is 35.5. The first kappa shape index (κ1) is 19.5. The zero-order valence-corrected chi connectivity index (χ0v) is 17.1. The lowest BCUT2D eigenvalue weighted by atomic mass is 10.1. The summed E-state index contributed by atoms with van der Waals surface area (Å²) in [4.78, 5) is 19.2. The Kier molecular flexibility index (Phi) is 5.33. The van der Waals surface area contributed by atoms with Crippen LogP contribution in [0.4, 0.5) is 5.69 Å². The maximum atomic E-state index is 13.3. The summed E-state index contributed by atoms with van der Waals surface area (Å²) in [7, 11) is 0. The maximum Gasteiger partial charge on any atom is 0.282 e. The average Bonchev–Trinajstić information content (AvgIpc) is 3.03. The Balaban J connectivity index is 1.89. The number of halogens is 3. The van der Waals surface area contributed by atoms with Crippen LogP contribution >= 0.6 is 34.8 Å². The topological polar surface area (TPSA) is 52.9 Å². The quantitative estimate of drug-likeness (QED) is 0.388. The minimum absolute atomic E-state index is 0.0512. The van der Waals surface area contributed by atoms with Gasteiger partial charge in [-0.25, -0.2) is 4.99 Å². The van der Waals surface area contributed by atoms with E-state index in [4.69, 9.17) is 34.8 Å². The van der Waals surface area contributed by atoms with Gasteiger partial charge in [-0.15, -0.1) is 0 Å². The largest absolute Gasteiger partial charge is 0.507 e. The van der Waals surface area contributed by atoms with Gasteiger partial charge >= 0.3 is 0 Å². The number of rotatable bonds is 3. The Morgan fingerprint density at radius 3 is 2.24 bits per heavy atom. The molecule has 7 heteroatoms. The number of amidine groups is 1. The molecule has 0 fully saturated rings. The Bertz CT molecular complexity index is 1170. The molecule has 3 aromatic rings. The fraction of sp³-hybridized carbons (Fsp3) is 0. The van der Waals surface area contributed by atoms with Crippen molar-refractivity contribution in [2.75, 3.05) is 4.90 Å². The van der Waals surface area contributed by atoms with Gasteiger partial charge in [0, 0.05) is 11.1 Å². The number of nitrogens with zero attached hydrogens (tertiary/aromatic N) is 2. The lowest BCUT2D eigenvalue weighted by molar-refractivity contribution is -0.113. The normalized spacial score (nSPS) is 15.1. The summed E-state index contributed by atoms with van der Waals surface area (Å²) in [5, 5.41) is 10.9. The van der Waals surface area contributed by atoms with E-state index in [1.807, 2.05) is 30.3 Å². The molecular weight excluding hydrogens is 431 g/mol. The second-order valence-electron chi connectivity index (χ2n) is 6.25. The molecule has 3 aromatic carbocycles. The van der Waals surface area contributed by atoms with E-state index in [9.17, 15) is 9.90 Å². The van der Waals surface area contributed by atoms with Gasteiger partial charge in [-0.3, -0.25) is 9.69 Å². The molecule has 1 amide bonds. The van der Waals surface area contributed by atoms with Crippen molar-refractivity contribution in [3.8, 4) is 5.75 Å². The van der Waals surface area contributed by atoms with Gasteiger partial charge < -0.3 is 5.11 Å². The number of benzene rings is 3. The molecule has 144 valence electrons. The van der Waals surface area contributed by atoms with Gasteiger partial charge in [0.1, 0.15) is 17.3 Å². The predicted molar refractivity (Wildman–Crippen MR) is 118 cm³/mol. The molecule has 29 heavy (non-hydrogen) atoms. The molecule has 0 atom stereocenters. The summed E-state index contributed by atoms with van der Waals surface area (Å²) in [6, 6.07) is 19.0. The number of aliphatic imine (C=N–C) groups is 1. The third kappa shape index (κ3) is 3.75. The van der Waals surface area contributed by atoms with Crippen LogP contribution in [-0.2, 0) is 4.79 Å². The standard InChI is InChI=1S/C22H13Cl3N2O2/c23-15-11-17(25)19(12-16(15)24)27-21(13-6-2-1-3-7-13)26-18(22(27)29)10-14-8-4-5-9-20(14)28/h1-12,28H/b18-10-. The van der Waals surface area contributed by atoms with Crippen LogP contribution < -0.4 is 4.90 Å². The number of para-hydroxylation sites is 1. The number of carbonyl (C=O) groups is 1. The van der Waals surface area contributed by atoms with E-state index in [2.05, 4.69) is 4.99 Å². The smallest absolute Gasteiger partial charge is 0.282 e. The number of phenolic OH excluding ortho intramolecular Hbond substituents is 1. The summed E-state index contributed by atoms with van der Waals surface area (Å²) in [6.07, 6.45) is 1.53. The second kappa shape index (κ2) is 7.91. The number of carbonyl (C=O) groups excluding carboxylic acids is 1. The van der Waals surface area contributed by atoms with Crippen molar-refractivity contribution in [3.63, 3.8) is 0 Å². The van der Waals surface area contributed by atoms with Crippen LogP contribution in [0.5, 0.6) is 5.75 Å². The minimum atomic E-state index is -0.396. The zero-order chi connectivity index (χ0) is 20.5. The molecule has 0 saturated carbocycles. The molecule has 0 spiro atoms. The summed E-state index contributed by atoms with van der Waals surface area (Å²) < 4.78 is 0. The molecule has 0 unspecified atom stereocenters. The van der Waals surface area contributed by atoms with E-state index in [1.165, 1.54) is 23.1 Å². The van der Waals surface area contributed by atoms with Crippen molar-refractivity contribution in [3.05, 3.63) is 98.6 Å². The molecule has 1 N–H and O–H groups in total. The van der Waals surface area contributed by atoms with Crippen LogP contribution in [0.1, 0.15) is 11.1 Å². The number of anilines is 1. The summed E-state index contributed by atoms with van der Waals surface area (Å²) in [5.41, 5.74) is 1.74. The van der Waals surface area contributed by atoms with Crippen molar-refractivity contribution in [2.45, 2.75) is 0 Å². The minimum Gasteiger partial charge on any atom is -0.507 e. The van der Waals surface area contributed by atoms with Gasteiger partial charge in [0.2, 0.25) is 0 Å². The summed E-state index contributed by atoms with van der Waals surface area (Å²) in [5.74, 6) is 0.0558. The Morgan fingerprint density at radius 1 is 0.862 bits per heavy atom. The van der Waals surface area contributed by atoms with E-state index in [0.717, 1.165) is 5.56 Å². The lowest BCUT2D eigenvalue weighted by Crippen LogP contribution is -2.32. The highest BCUT2D eigenvalue weighted by molar-refractivity contribution is 6.45. The van der Waals surface area contributed by atoms with Gasteiger partial charge in [-0.05, 0) is 24.3 Å². The van der Waals surface area contributed by atoms with Gasteiger partial charge in [-0.1, -0.05) is 83.3 Å². The van der Waals surface area contributed by atoms with Crippen LogP contribution in [0.25, 0.3) is 6.08 Å². The molecule has 1 aliphatic heterocycles. The zero-order valence-electron chi connectivity index (χ0n) is 14.8. The monoisotopic (exact) mass is 442 g/mol. The average molecular weight is 444 g/mol. The Hall–Kier alpha value is -2.79. The van der Waals surface area contributed by atoms with Crippen molar-refractivity contribution in [2.24, 2.45) is 4.99 Å². The van der Waals surface area contributed by atoms with Crippen LogP contribution in [0.2, 0.25) is 15.1 Å². The van der Waals surface area contributed by atoms with E-state index >= 15 is 0 Å². The number of hydrogen-bond acceptors (Lipinski definition) is 3. The van der Waals surface area contributed by atoms with E-state index in [0.29, 0.717) is 17.1 Å². The first-order chi connectivity index (χ1) is 14.0. The third-order valence-corrected chi connectivity index (χ3v) is 5.38. The summed E-state index contributed by atoms with van der Waals surface area (Å²) >= 11 is 18.6. The van der Waals surface area contributed by atoms with Gasteiger partial charge in [0.15, 0.2) is 0 Å². The van der Waals surface area contributed by atoms with Crippen LogP contribution in [-0.4, -0.2) is 16.8 Å². The van der Waals surface area contributed by atoms with E-state index < -0.39 is 5.91 Å². The number of hydrogen-bond donors (Lipinski definition) is 1. The molecule has 0 aliphatic carbocycles. The Labute approximate surface area is 182 Å². The van der Waals surface area contributed by atoms with Gasteiger partial charge in [-0.2, -0.15) is 0 Å². The highest BCUT2D eigenvalue weighted by Crippen LogP contribution is 2.38.